The topological polar surface area (TPSA) is 89.7 Å². The van der Waals surface area contributed by atoms with Crippen LogP contribution in [0, 0.1) is 13.8 Å². The highest BCUT2D eigenvalue weighted by Gasteiger charge is 2.10. The summed E-state index contributed by atoms with van der Waals surface area (Å²) in [7, 11) is 0. The summed E-state index contributed by atoms with van der Waals surface area (Å²) in [6, 6.07) is 5.86. The van der Waals surface area contributed by atoms with E-state index in [1.165, 1.54) is 5.56 Å². The third kappa shape index (κ3) is 2.08. The molecule has 0 aliphatic rings. The Morgan fingerprint density at radius 1 is 1.16 bits per heavy atom. The van der Waals surface area contributed by atoms with E-state index in [1.807, 2.05) is 25.1 Å². The van der Waals surface area contributed by atoms with Crippen LogP contribution in [0.3, 0.4) is 0 Å². The van der Waals surface area contributed by atoms with Crippen molar-refractivity contribution in [1.29, 1.82) is 0 Å². The van der Waals surface area contributed by atoms with Crippen molar-refractivity contribution in [2.45, 2.75) is 13.8 Å². The molecule has 0 bridgehead atoms. The zero-order valence-electron chi connectivity index (χ0n) is 10.6. The second-order valence-corrected chi connectivity index (χ2v) is 4.37. The number of anilines is 1. The van der Waals surface area contributed by atoms with Gasteiger partial charge in [0.25, 0.3) is 0 Å². The predicted molar refractivity (Wildman–Crippen MR) is 72.1 cm³/mol. The molecule has 2 aromatic heterocycles. The van der Waals surface area contributed by atoms with Gasteiger partial charge in [0, 0.05) is 0 Å². The molecule has 0 saturated heterocycles. The molecular weight excluding hydrogens is 242 g/mol. The van der Waals surface area contributed by atoms with E-state index in [0.29, 0.717) is 22.7 Å². The predicted octanol–water partition coefficient (Wildman–Crippen LogP) is 2.34. The minimum atomic E-state index is 0.149. The molecule has 0 radical (unpaired) electrons. The number of nitrogens with two attached hydrogens (primary N) is 1. The molecule has 96 valence electrons. The maximum absolute atomic E-state index is 5.78. The number of ether oxygens (including phenoxy) is 1. The van der Waals surface area contributed by atoms with Crippen LogP contribution in [0.2, 0.25) is 0 Å². The molecule has 3 rings (SSSR count). The Bertz CT molecular complexity index is 750. The standard InChI is InChI=1S/C13H13N5O/c1-7-3-4-9(5-8(7)2)19-12-10-6-15-18-11(10)16-13(14)17-12/h3-6H,1-2H3,(H3,14,15,16,17,18). The summed E-state index contributed by atoms with van der Waals surface area (Å²) in [6.07, 6.45) is 1.62. The van der Waals surface area contributed by atoms with Crippen molar-refractivity contribution in [3.63, 3.8) is 0 Å². The van der Waals surface area contributed by atoms with Gasteiger partial charge >= 0.3 is 0 Å². The van der Waals surface area contributed by atoms with Gasteiger partial charge in [-0.15, -0.1) is 0 Å². The fourth-order valence-electron chi connectivity index (χ4n) is 1.79. The van der Waals surface area contributed by atoms with Gasteiger partial charge in [0.1, 0.15) is 11.1 Å². The quantitative estimate of drug-likeness (QED) is 0.733. The van der Waals surface area contributed by atoms with Crippen LogP contribution in [-0.2, 0) is 0 Å². The van der Waals surface area contributed by atoms with Gasteiger partial charge in [-0.1, -0.05) is 6.07 Å². The van der Waals surface area contributed by atoms with E-state index < -0.39 is 0 Å². The van der Waals surface area contributed by atoms with Crippen molar-refractivity contribution >= 4 is 17.0 Å². The number of aromatic amines is 1. The number of nitrogen functional groups attached to an aromatic ring is 1. The van der Waals surface area contributed by atoms with E-state index in [2.05, 4.69) is 27.1 Å². The van der Waals surface area contributed by atoms with Gasteiger partial charge in [0.15, 0.2) is 5.65 Å². The molecule has 3 N–H and O–H groups in total. The molecule has 0 atom stereocenters. The monoisotopic (exact) mass is 255 g/mol. The number of benzene rings is 1. The molecular formula is C13H13N5O. The molecule has 6 heteroatoms. The summed E-state index contributed by atoms with van der Waals surface area (Å²) in [4.78, 5) is 8.14. The van der Waals surface area contributed by atoms with Gasteiger partial charge in [-0.25, -0.2) is 0 Å². The van der Waals surface area contributed by atoms with Crippen LogP contribution < -0.4 is 10.5 Å². The van der Waals surface area contributed by atoms with Crippen molar-refractivity contribution in [1.82, 2.24) is 20.2 Å². The zero-order chi connectivity index (χ0) is 13.4. The van der Waals surface area contributed by atoms with Gasteiger partial charge in [-0.3, -0.25) is 5.10 Å². The summed E-state index contributed by atoms with van der Waals surface area (Å²) in [5.74, 6) is 1.26. The number of fused-ring (bicyclic) bond motifs is 1. The Hall–Kier alpha value is -2.63. The highest BCUT2D eigenvalue weighted by atomic mass is 16.5. The Balaban J connectivity index is 2.04. The van der Waals surface area contributed by atoms with Crippen LogP contribution in [0.25, 0.3) is 11.0 Å². The summed E-state index contributed by atoms with van der Waals surface area (Å²) >= 11 is 0. The number of nitrogens with one attached hydrogen (secondary N) is 1. The van der Waals surface area contributed by atoms with E-state index >= 15 is 0 Å². The van der Waals surface area contributed by atoms with Crippen LogP contribution in [-0.4, -0.2) is 20.2 Å². The summed E-state index contributed by atoms with van der Waals surface area (Å²) in [6.45, 7) is 4.08. The fourth-order valence-corrected chi connectivity index (χ4v) is 1.79. The Kier molecular flexibility index (Phi) is 2.56. The normalized spacial score (nSPS) is 10.8. The van der Waals surface area contributed by atoms with Crippen molar-refractivity contribution in [3.05, 3.63) is 35.5 Å². The molecule has 0 spiro atoms. The zero-order valence-corrected chi connectivity index (χ0v) is 10.6. The Morgan fingerprint density at radius 3 is 2.79 bits per heavy atom. The second kappa shape index (κ2) is 4.24. The molecule has 2 heterocycles. The van der Waals surface area contributed by atoms with Crippen molar-refractivity contribution in [2.24, 2.45) is 0 Å². The number of aryl methyl sites for hydroxylation is 2. The molecule has 0 aliphatic heterocycles. The molecule has 0 unspecified atom stereocenters. The second-order valence-electron chi connectivity index (χ2n) is 4.37. The first-order valence-electron chi connectivity index (χ1n) is 5.85. The van der Waals surface area contributed by atoms with Crippen LogP contribution in [0.15, 0.2) is 24.4 Å². The van der Waals surface area contributed by atoms with Crippen molar-refractivity contribution in [3.8, 4) is 11.6 Å². The first-order valence-corrected chi connectivity index (χ1v) is 5.85. The first kappa shape index (κ1) is 11.5. The van der Waals surface area contributed by atoms with E-state index in [0.717, 1.165) is 5.56 Å². The molecule has 6 nitrogen and oxygen atoms in total. The maximum atomic E-state index is 5.78. The Labute approximate surface area is 109 Å². The fraction of sp³-hybridized carbons (Fsp3) is 0.154. The van der Waals surface area contributed by atoms with Gasteiger partial charge < -0.3 is 10.5 Å². The summed E-state index contributed by atoms with van der Waals surface area (Å²) in [5, 5.41) is 7.36. The smallest absolute Gasteiger partial charge is 0.235 e. The first-order chi connectivity index (χ1) is 9.13. The largest absolute Gasteiger partial charge is 0.438 e. The van der Waals surface area contributed by atoms with E-state index in [-0.39, 0.29) is 5.95 Å². The molecule has 1 aromatic carbocycles. The third-order valence-electron chi connectivity index (χ3n) is 2.98. The van der Waals surface area contributed by atoms with Crippen molar-refractivity contribution < 1.29 is 4.74 Å². The Morgan fingerprint density at radius 2 is 2.00 bits per heavy atom. The average molecular weight is 255 g/mol. The van der Waals surface area contributed by atoms with Gasteiger partial charge in [0.2, 0.25) is 11.8 Å². The number of hydrogen-bond donors (Lipinski definition) is 2. The molecule has 0 aliphatic carbocycles. The third-order valence-corrected chi connectivity index (χ3v) is 2.98. The van der Waals surface area contributed by atoms with E-state index in [4.69, 9.17) is 10.5 Å². The highest BCUT2D eigenvalue weighted by Crippen LogP contribution is 2.27. The minimum Gasteiger partial charge on any atom is -0.438 e. The van der Waals surface area contributed by atoms with E-state index in [9.17, 15) is 0 Å². The van der Waals surface area contributed by atoms with Gasteiger partial charge in [0.05, 0.1) is 6.20 Å². The lowest BCUT2D eigenvalue weighted by molar-refractivity contribution is 0.468. The van der Waals surface area contributed by atoms with Crippen LogP contribution in [0.1, 0.15) is 11.1 Å². The molecule has 19 heavy (non-hydrogen) atoms. The average Bonchev–Trinajstić information content (AvgIpc) is 2.82. The van der Waals surface area contributed by atoms with Crippen LogP contribution in [0.5, 0.6) is 11.6 Å². The number of aromatic nitrogens is 4. The van der Waals surface area contributed by atoms with Crippen LogP contribution in [0.4, 0.5) is 5.95 Å². The highest BCUT2D eigenvalue weighted by molar-refractivity contribution is 5.80. The van der Waals surface area contributed by atoms with Gasteiger partial charge in [-0.05, 0) is 37.1 Å². The van der Waals surface area contributed by atoms with Crippen LogP contribution >= 0.6 is 0 Å². The lowest BCUT2D eigenvalue weighted by atomic mass is 10.1. The lowest BCUT2D eigenvalue weighted by Gasteiger charge is -2.08. The molecule has 0 saturated carbocycles. The van der Waals surface area contributed by atoms with Crippen molar-refractivity contribution in [2.75, 3.05) is 5.73 Å². The summed E-state index contributed by atoms with van der Waals surface area (Å²) < 4.78 is 5.78. The SMILES string of the molecule is Cc1ccc(Oc2nc(N)nc3[nH]ncc23)cc1C. The summed E-state index contributed by atoms with van der Waals surface area (Å²) in [5.41, 5.74) is 8.57. The molecule has 3 aromatic rings. The number of nitrogens with zero attached hydrogens (tertiary/aromatic N) is 3. The lowest BCUT2D eigenvalue weighted by Crippen LogP contribution is -1.98. The maximum Gasteiger partial charge on any atom is 0.235 e. The van der Waals surface area contributed by atoms with E-state index in [1.54, 1.807) is 6.20 Å². The number of hydrogen-bond acceptors (Lipinski definition) is 5. The number of H-pyrrole nitrogens is 1. The minimum absolute atomic E-state index is 0.149. The number of rotatable bonds is 2. The molecule has 0 amide bonds. The molecule has 0 fully saturated rings. The van der Waals surface area contributed by atoms with Gasteiger partial charge in [-0.2, -0.15) is 15.1 Å².